The number of hydrazone groups is 1. The zero-order valence-electron chi connectivity index (χ0n) is 22.8. The minimum Gasteiger partial charge on any atom is -0.497 e. The Bertz CT molecular complexity index is 1650. The zero-order valence-corrected chi connectivity index (χ0v) is 22.8. The van der Waals surface area contributed by atoms with E-state index in [-0.39, 0.29) is 23.6 Å². The van der Waals surface area contributed by atoms with Crippen LogP contribution in [-0.4, -0.2) is 53.3 Å². The number of nitrogens with zero attached hydrogens (tertiary/aromatic N) is 5. The Balaban J connectivity index is 1.50. The molecule has 2 aromatic heterocycles. The van der Waals surface area contributed by atoms with Gasteiger partial charge in [-0.25, -0.2) is 4.98 Å². The Morgan fingerprint density at radius 3 is 2.61 bits per heavy atom. The fourth-order valence-corrected chi connectivity index (χ4v) is 4.67. The van der Waals surface area contributed by atoms with Crippen LogP contribution < -0.4 is 25.7 Å². The van der Waals surface area contributed by atoms with E-state index in [0.717, 1.165) is 22.4 Å². The highest BCUT2D eigenvalue weighted by atomic mass is 16.5. The number of ketones is 1. The van der Waals surface area contributed by atoms with Crippen molar-refractivity contribution in [1.29, 1.82) is 0 Å². The molecule has 1 atom stereocenters. The number of nitrogen functional groups attached to an aromatic ring is 2. The van der Waals surface area contributed by atoms with E-state index in [0.29, 0.717) is 34.8 Å². The van der Waals surface area contributed by atoms with Gasteiger partial charge in [0.25, 0.3) is 0 Å². The molecule has 11 heteroatoms. The smallest absolute Gasteiger partial charge is 0.221 e. The van der Waals surface area contributed by atoms with E-state index in [9.17, 15) is 4.79 Å². The maximum absolute atomic E-state index is 13.6. The molecule has 0 bridgehead atoms. The van der Waals surface area contributed by atoms with Crippen LogP contribution in [0.2, 0.25) is 0 Å². The Morgan fingerprint density at radius 2 is 1.85 bits per heavy atom. The van der Waals surface area contributed by atoms with Crippen LogP contribution in [0.1, 0.15) is 44.3 Å². The lowest BCUT2D eigenvalue weighted by molar-refractivity contribution is 0.104. The first-order valence-corrected chi connectivity index (χ1v) is 12.7. The number of pyridine rings is 1. The number of rotatable bonds is 9. The topological polar surface area (TPSA) is 151 Å². The summed E-state index contributed by atoms with van der Waals surface area (Å²) in [5.41, 5.74) is 16.1. The summed E-state index contributed by atoms with van der Waals surface area (Å²) < 4.78 is 16.5. The Morgan fingerprint density at radius 1 is 1.02 bits per heavy atom. The quantitative estimate of drug-likeness (QED) is 0.232. The molecule has 41 heavy (non-hydrogen) atoms. The van der Waals surface area contributed by atoms with Gasteiger partial charge in [-0.2, -0.15) is 10.1 Å². The molecule has 0 saturated carbocycles. The van der Waals surface area contributed by atoms with Crippen molar-refractivity contribution in [3.8, 4) is 17.2 Å². The second kappa shape index (κ2) is 11.7. The van der Waals surface area contributed by atoms with Crippen molar-refractivity contribution >= 4 is 23.8 Å². The molecule has 1 aliphatic heterocycles. The van der Waals surface area contributed by atoms with Crippen LogP contribution >= 0.6 is 0 Å². The van der Waals surface area contributed by atoms with Crippen LogP contribution in [0.3, 0.4) is 0 Å². The molecule has 0 saturated heterocycles. The molecular formula is C30H29N7O4. The minimum absolute atomic E-state index is 0.0880. The number of carbonyl (C=O) groups excluding carboxylic acids is 1. The van der Waals surface area contributed by atoms with Crippen LogP contribution in [0, 0.1) is 0 Å². The van der Waals surface area contributed by atoms with E-state index in [2.05, 4.69) is 20.1 Å². The first-order chi connectivity index (χ1) is 19.9. The van der Waals surface area contributed by atoms with Gasteiger partial charge in [0, 0.05) is 48.3 Å². The lowest BCUT2D eigenvalue weighted by atomic mass is 9.96. The maximum Gasteiger partial charge on any atom is 0.221 e. The normalized spacial score (nSPS) is 14.1. The molecule has 0 amide bonds. The lowest BCUT2D eigenvalue weighted by Gasteiger charge is -2.30. The van der Waals surface area contributed by atoms with Crippen LogP contribution in [0.5, 0.6) is 17.2 Å². The number of allylic oxidation sites excluding steroid dienone is 1. The third-order valence-corrected chi connectivity index (χ3v) is 6.65. The Hall–Kier alpha value is -5.45. The second-order valence-corrected chi connectivity index (χ2v) is 9.15. The monoisotopic (exact) mass is 551 g/mol. The molecule has 4 aromatic rings. The van der Waals surface area contributed by atoms with Crippen molar-refractivity contribution in [2.45, 2.75) is 12.5 Å². The molecule has 5 rings (SSSR count). The van der Waals surface area contributed by atoms with E-state index >= 15 is 0 Å². The summed E-state index contributed by atoms with van der Waals surface area (Å²) in [7, 11) is 4.60. The van der Waals surface area contributed by atoms with Gasteiger partial charge >= 0.3 is 0 Å². The van der Waals surface area contributed by atoms with Crippen LogP contribution in [0.25, 0.3) is 0 Å². The number of hydrogen-bond acceptors (Lipinski definition) is 11. The summed E-state index contributed by atoms with van der Waals surface area (Å²) in [5, 5.41) is 6.31. The predicted molar refractivity (Wildman–Crippen MR) is 155 cm³/mol. The van der Waals surface area contributed by atoms with Gasteiger partial charge in [0.05, 0.1) is 38.8 Å². The van der Waals surface area contributed by atoms with Crippen molar-refractivity contribution in [2.75, 3.05) is 32.8 Å². The number of ether oxygens (including phenoxy) is 3. The minimum atomic E-state index is -0.383. The molecular weight excluding hydrogens is 522 g/mol. The molecule has 1 aliphatic rings. The molecule has 11 nitrogen and oxygen atoms in total. The number of methoxy groups -OCH3 is 3. The van der Waals surface area contributed by atoms with Gasteiger partial charge in [-0.3, -0.25) is 14.8 Å². The third kappa shape index (κ3) is 5.64. The average Bonchev–Trinajstić information content (AvgIpc) is 3.00. The van der Waals surface area contributed by atoms with E-state index in [4.69, 9.17) is 25.7 Å². The summed E-state index contributed by atoms with van der Waals surface area (Å²) in [6.07, 6.45) is 8.43. The van der Waals surface area contributed by atoms with E-state index in [1.54, 1.807) is 55.1 Å². The van der Waals surface area contributed by atoms with Crippen LogP contribution in [-0.2, 0) is 6.42 Å². The fourth-order valence-electron chi connectivity index (χ4n) is 4.67. The van der Waals surface area contributed by atoms with Gasteiger partial charge in [0.1, 0.15) is 17.6 Å². The van der Waals surface area contributed by atoms with E-state index < -0.39 is 0 Å². The molecule has 208 valence electrons. The number of anilines is 2. The average molecular weight is 552 g/mol. The van der Waals surface area contributed by atoms with Gasteiger partial charge in [-0.05, 0) is 29.3 Å². The molecule has 0 fully saturated rings. The van der Waals surface area contributed by atoms with Crippen molar-refractivity contribution < 1.29 is 19.0 Å². The van der Waals surface area contributed by atoms with Gasteiger partial charge in [0.2, 0.25) is 5.95 Å². The predicted octanol–water partition coefficient (Wildman–Crippen LogP) is 3.79. The summed E-state index contributed by atoms with van der Waals surface area (Å²) in [6, 6.07) is 14.7. The van der Waals surface area contributed by atoms with Gasteiger partial charge < -0.3 is 25.7 Å². The van der Waals surface area contributed by atoms with Gasteiger partial charge in [-0.15, -0.1) is 0 Å². The molecule has 3 heterocycles. The molecule has 0 spiro atoms. The number of hydrogen-bond donors (Lipinski definition) is 2. The maximum atomic E-state index is 13.6. The number of aromatic nitrogens is 3. The van der Waals surface area contributed by atoms with Crippen molar-refractivity contribution in [2.24, 2.45) is 5.10 Å². The van der Waals surface area contributed by atoms with E-state index in [1.165, 1.54) is 20.3 Å². The van der Waals surface area contributed by atoms with E-state index in [1.807, 2.05) is 30.3 Å². The van der Waals surface area contributed by atoms with Crippen molar-refractivity contribution in [3.63, 3.8) is 0 Å². The molecule has 2 aromatic carbocycles. The Kier molecular flexibility index (Phi) is 7.77. The van der Waals surface area contributed by atoms with Crippen molar-refractivity contribution in [1.82, 2.24) is 20.0 Å². The first-order valence-electron chi connectivity index (χ1n) is 12.7. The molecule has 0 radical (unpaired) electrons. The highest BCUT2D eigenvalue weighted by Gasteiger charge is 2.27. The van der Waals surface area contributed by atoms with Crippen molar-refractivity contribution in [3.05, 3.63) is 107 Å². The van der Waals surface area contributed by atoms with Gasteiger partial charge in [0.15, 0.2) is 17.3 Å². The highest BCUT2D eigenvalue weighted by molar-refractivity contribution is 6.07. The first kappa shape index (κ1) is 27.1. The standard InChI is InChI=1S/C30H29N7O4/c1-39-21-8-10-33-24(15-21)27-22-7-5-4-6-19(22)17-35-37(27)11-9-25(38)23-13-18(14-26(40-2)28(23)41-3)12-20-16-34-30(32)36-29(20)31/h4-11,13-17,27H,12H2,1-3H3,(H4,31,32,34,36)/b11-9+. The fraction of sp³-hybridized carbons (Fsp3) is 0.167. The number of benzene rings is 2. The molecule has 4 N–H and O–H groups in total. The summed E-state index contributed by atoms with van der Waals surface area (Å²) >= 11 is 0. The highest BCUT2D eigenvalue weighted by Crippen LogP contribution is 2.36. The van der Waals surface area contributed by atoms with Gasteiger partial charge in [-0.1, -0.05) is 24.3 Å². The van der Waals surface area contributed by atoms with Crippen LogP contribution in [0.4, 0.5) is 11.8 Å². The van der Waals surface area contributed by atoms with Crippen LogP contribution in [0.15, 0.2) is 78.3 Å². The third-order valence-electron chi connectivity index (χ3n) is 6.65. The number of carbonyl (C=O) groups is 1. The zero-order chi connectivity index (χ0) is 28.9. The molecule has 1 unspecified atom stereocenters. The summed E-state index contributed by atoms with van der Waals surface area (Å²) in [5.74, 6) is 1.43. The number of nitrogens with two attached hydrogens (primary N) is 2. The largest absolute Gasteiger partial charge is 0.497 e. The lowest BCUT2D eigenvalue weighted by Crippen LogP contribution is -2.25. The SMILES string of the molecule is COc1ccnc(C2c3ccccc3C=NN2/C=C/C(=O)c2cc(Cc3cnc(N)nc3N)cc(OC)c2OC)c1. The summed E-state index contributed by atoms with van der Waals surface area (Å²) in [6.45, 7) is 0. The number of fused-ring (bicyclic) bond motifs is 1. The Labute approximate surface area is 237 Å². The second-order valence-electron chi connectivity index (χ2n) is 9.15. The molecule has 0 aliphatic carbocycles. The summed E-state index contributed by atoms with van der Waals surface area (Å²) in [4.78, 5) is 26.3.